The van der Waals surface area contributed by atoms with Crippen molar-refractivity contribution in [3.8, 4) is 0 Å². The van der Waals surface area contributed by atoms with Crippen molar-refractivity contribution in [2.45, 2.75) is 13.1 Å². The lowest BCUT2D eigenvalue weighted by atomic mass is 10.2. The zero-order valence-electron chi connectivity index (χ0n) is 8.67. The molecule has 0 aliphatic rings. The van der Waals surface area contributed by atoms with Gasteiger partial charge in [0.1, 0.15) is 0 Å². The number of benzene rings is 1. The summed E-state index contributed by atoms with van der Waals surface area (Å²) in [6, 6.07) is 4.79. The molecule has 1 aromatic rings. The molecule has 16 heavy (non-hydrogen) atoms. The van der Waals surface area contributed by atoms with Crippen molar-refractivity contribution < 1.29 is 13.2 Å². The molecule has 0 amide bonds. The van der Waals surface area contributed by atoms with E-state index in [2.05, 4.69) is 10.3 Å². The fraction of sp³-hybridized carbons (Fsp3) is 0.300. The maximum Gasteiger partial charge on any atom is 0.416 e. The first-order chi connectivity index (χ1) is 7.43. The molecule has 1 rings (SSSR count). The maximum atomic E-state index is 12.4. The molecule has 6 heteroatoms. The lowest BCUT2D eigenvalue weighted by molar-refractivity contribution is -0.137. The zero-order valence-corrected chi connectivity index (χ0v) is 8.67. The molecule has 1 aromatic carbocycles. The van der Waals surface area contributed by atoms with Crippen LogP contribution in [-0.4, -0.2) is 12.5 Å². The molecule has 0 fully saturated rings. The van der Waals surface area contributed by atoms with Crippen molar-refractivity contribution in [2.24, 2.45) is 10.7 Å². The van der Waals surface area contributed by atoms with Crippen LogP contribution >= 0.6 is 0 Å². The number of nitrogens with one attached hydrogen (secondary N) is 1. The minimum atomic E-state index is -4.35. The molecule has 0 bridgehead atoms. The van der Waals surface area contributed by atoms with Crippen LogP contribution in [-0.2, 0) is 6.18 Å². The molecule has 0 atom stereocenters. The van der Waals surface area contributed by atoms with E-state index in [0.29, 0.717) is 6.54 Å². The molecule has 0 spiro atoms. The molecule has 0 unspecified atom stereocenters. The number of aliphatic imine (C=N–C) groups is 1. The van der Waals surface area contributed by atoms with Crippen LogP contribution in [0.25, 0.3) is 0 Å². The van der Waals surface area contributed by atoms with Crippen LogP contribution in [0, 0.1) is 0 Å². The van der Waals surface area contributed by atoms with Gasteiger partial charge in [-0.05, 0) is 25.1 Å². The summed E-state index contributed by atoms with van der Waals surface area (Å²) in [6.45, 7) is 2.25. The molecule has 0 aromatic heterocycles. The van der Waals surface area contributed by atoms with Crippen LogP contribution in [0.1, 0.15) is 12.5 Å². The number of hydrogen-bond donors (Lipinski definition) is 2. The van der Waals surface area contributed by atoms with Crippen molar-refractivity contribution >= 4 is 11.6 Å². The van der Waals surface area contributed by atoms with E-state index in [9.17, 15) is 13.2 Å². The van der Waals surface area contributed by atoms with Crippen molar-refractivity contribution in [3.05, 3.63) is 29.8 Å². The standard InChI is InChI=1S/C10H12F3N3/c1-2-15-9(14)16-8-5-3-4-7(6-8)10(11,12)13/h3-6H,2H2,1H3,(H3,14,15,16). The Kier molecular flexibility index (Phi) is 3.76. The Bertz CT molecular complexity index is 385. The van der Waals surface area contributed by atoms with Crippen LogP contribution in [0.5, 0.6) is 0 Å². The molecular weight excluding hydrogens is 219 g/mol. The topological polar surface area (TPSA) is 50.4 Å². The van der Waals surface area contributed by atoms with Gasteiger partial charge in [0.05, 0.1) is 5.56 Å². The Morgan fingerprint density at radius 1 is 1.44 bits per heavy atom. The zero-order chi connectivity index (χ0) is 12.2. The summed E-state index contributed by atoms with van der Waals surface area (Å²) in [4.78, 5) is 3.81. The van der Waals surface area contributed by atoms with Crippen LogP contribution in [0.15, 0.2) is 29.3 Å². The van der Waals surface area contributed by atoms with E-state index in [4.69, 9.17) is 5.73 Å². The van der Waals surface area contributed by atoms with Gasteiger partial charge in [0.2, 0.25) is 0 Å². The van der Waals surface area contributed by atoms with Crippen LogP contribution in [0.4, 0.5) is 18.9 Å². The third kappa shape index (κ3) is 3.45. The van der Waals surface area contributed by atoms with Crippen molar-refractivity contribution in [1.82, 2.24) is 0 Å². The molecule has 0 aliphatic heterocycles. The first-order valence-corrected chi connectivity index (χ1v) is 4.67. The summed E-state index contributed by atoms with van der Waals surface area (Å²) in [5.41, 5.74) is 4.98. The van der Waals surface area contributed by atoms with Crippen molar-refractivity contribution in [1.29, 1.82) is 0 Å². The van der Waals surface area contributed by atoms with E-state index in [1.807, 2.05) is 0 Å². The lowest BCUT2D eigenvalue weighted by Crippen LogP contribution is -2.22. The van der Waals surface area contributed by atoms with Crippen molar-refractivity contribution in [3.63, 3.8) is 0 Å². The van der Waals surface area contributed by atoms with Gasteiger partial charge in [-0.25, -0.2) is 0 Å². The van der Waals surface area contributed by atoms with Gasteiger partial charge in [0.15, 0.2) is 5.96 Å². The number of hydrogen-bond acceptors (Lipinski definition) is 1. The second-order valence-electron chi connectivity index (χ2n) is 3.06. The summed E-state index contributed by atoms with van der Waals surface area (Å²) in [6.07, 6.45) is -4.35. The minimum Gasteiger partial charge on any atom is -0.370 e. The average Bonchev–Trinajstić information content (AvgIpc) is 2.17. The Labute approximate surface area is 91.2 Å². The molecule has 0 heterocycles. The van der Waals surface area contributed by atoms with Gasteiger partial charge in [-0.1, -0.05) is 6.07 Å². The second kappa shape index (κ2) is 4.87. The van der Waals surface area contributed by atoms with E-state index >= 15 is 0 Å². The Morgan fingerprint density at radius 2 is 2.12 bits per heavy atom. The highest BCUT2D eigenvalue weighted by Crippen LogP contribution is 2.30. The fourth-order valence-electron chi connectivity index (χ4n) is 1.13. The molecule has 3 nitrogen and oxygen atoms in total. The Balaban J connectivity index is 2.87. The highest BCUT2D eigenvalue weighted by atomic mass is 19.4. The first-order valence-electron chi connectivity index (χ1n) is 4.67. The smallest absolute Gasteiger partial charge is 0.370 e. The number of nitrogens with zero attached hydrogens (tertiary/aromatic N) is 1. The largest absolute Gasteiger partial charge is 0.416 e. The van der Waals surface area contributed by atoms with Gasteiger partial charge < -0.3 is 11.1 Å². The number of halogens is 3. The molecule has 3 N–H and O–H groups in total. The number of rotatable bonds is 2. The van der Waals surface area contributed by atoms with E-state index in [1.54, 1.807) is 6.92 Å². The van der Waals surface area contributed by atoms with E-state index < -0.39 is 11.7 Å². The number of nitrogens with two attached hydrogens (primary N) is 1. The second-order valence-corrected chi connectivity index (χ2v) is 3.06. The van der Waals surface area contributed by atoms with Crippen LogP contribution in [0.2, 0.25) is 0 Å². The molecule has 0 radical (unpaired) electrons. The van der Waals surface area contributed by atoms with E-state index in [1.165, 1.54) is 12.1 Å². The van der Waals surface area contributed by atoms with Crippen LogP contribution < -0.4 is 11.1 Å². The lowest BCUT2D eigenvalue weighted by Gasteiger charge is -2.09. The third-order valence-corrected chi connectivity index (χ3v) is 1.79. The number of guanidine groups is 1. The fourth-order valence-corrected chi connectivity index (χ4v) is 1.13. The number of alkyl halides is 3. The van der Waals surface area contributed by atoms with Crippen LogP contribution in [0.3, 0.4) is 0 Å². The van der Waals surface area contributed by atoms with Gasteiger partial charge in [0, 0.05) is 12.2 Å². The summed E-state index contributed by atoms with van der Waals surface area (Å²) < 4.78 is 37.1. The molecular formula is C10H12F3N3. The van der Waals surface area contributed by atoms with Crippen molar-refractivity contribution in [2.75, 3.05) is 11.9 Å². The summed E-state index contributed by atoms with van der Waals surface area (Å²) in [5.74, 6) is 0.0989. The average molecular weight is 231 g/mol. The SMILES string of the molecule is CCN=C(N)Nc1cccc(C(F)(F)F)c1. The molecule has 0 saturated carbocycles. The van der Waals surface area contributed by atoms with Gasteiger partial charge in [-0.2, -0.15) is 13.2 Å². The Morgan fingerprint density at radius 3 is 2.69 bits per heavy atom. The first kappa shape index (κ1) is 12.4. The molecule has 0 aliphatic carbocycles. The van der Waals surface area contributed by atoms with Gasteiger partial charge >= 0.3 is 6.18 Å². The summed E-state index contributed by atoms with van der Waals surface area (Å²) in [7, 11) is 0. The molecule has 0 saturated heterocycles. The summed E-state index contributed by atoms with van der Waals surface area (Å²) >= 11 is 0. The normalized spacial score (nSPS) is 12.6. The quantitative estimate of drug-likeness (QED) is 0.606. The predicted octanol–water partition coefficient (Wildman–Crippen LogP) is 2.45. The third-order valence-electron chi connectivity index (χ3n) is 1.79. The Hall–Kier alpha value is -1.72. The predicted molar refractivity (Wildman–Crippen MR) is 57.2 cm³/mol. The monoisotopic (exact) mass is 231 g/mol. The van der Waals surface area contributed by atoms with Gasteiger partial charge in [-0.15, -0.1) is 0 Å². The van der Waals surface area contributed by atoms with E-state index in [0.717, 1.165) is 12.1 Å². The maximum absolute atomic E-state index is 12.4. The van der Waals surface area contributed by atoms with Gasteiger partial charge in [0.25, 0.3) is 0 Å². The number of anilines is 1. The highest BCUT2D eigenvalue weighted by molar-refractivity contribution is 5.92. The van der Waals surface area contributed by atoms with E-state index in [-0.39, 0.29) is 11.6 Å². The summed E-state index contributed by atoms with van der Waals surface area (Å²) in [5, 5.41) is 2.58. The highest BCUT2D eigenvalue weighted by Gasteiger charge is 2.30. The molecule has 88 valence electrons. The van der Waals surface area contributed by atoms with Gasteiger partial charge in [-0.3, -0.25) is 4.99 Å². The minimum absolute atomic E-state index is 0.0989.